The van der Waals surface area contributed by atoms with Gasteiger partial charge in [0, 0.05) is 5.88 Å². The number of hydrogen-bond acceptors (Lipinski definition) is 3. The summed E-state index contributed by atoms with van der Waals surface area (Å²) in [4.78, 5) is 16.1. The molecule has 1 saturated carbocycles. The number of rotatable bonds is 3. The number of halogens is 1. The predicted octanol–water partition coefficient (Wildman–Crippen LogP) is 2.90. The van der Waals surface area contributed by atoms with E-state index in [0.29, 0.717) is 17.5 Å². The van der Waals surface area contributed by atoms with E-state index in [1.807, 2.05) is 0 Å². The van der Waals surface area contributed by atoms with Crippen LogP contribution < -0.4 is 5.32 Å². The van der Waals surface area contributed by atoms with E-state index in [0.717, 1.165) is 25.7 Å². The maximum absolute atomic E-state index is 12.1. The molecule has 4 nitrogen and oxygen atoms in total. The number of aromatic nitrogens is 1. The lowest BCUT2D eigenvalue weighted by molar-refractivity contribution is 0.0843. The van der Waals surface area contributed by atoms with Gasteiger partial charge in [-0.3, -0.25) is 4.79 Å². The Morgan fingerprint density at radius 2 is 2.28 bits per heavy atom. The minimum Gasteiger partial charge on any atom is -0.438 e. The Morgan fingerprint density at radius 3 is 2.78 bits per heavy atom. The first-order valence-corrected chi connectivity index (χ1v) is 6.88. The molecule has 0 radical (unpaired) electrons. The van der Waals surface area contributed by atoms with Crippen LogP contribution in [0.15, 0.2) is 10.8 Å². The first-order chi connectivity index (χ1) is 8.56. The summed E-state index contributed by atoms with van der Waals surface area (Å²) in [6.07, 6.45) is 5.35. The molecule has 0 unspecified atom stereocenters. The first-order valence-electron chi connectivity index (χ1n) is 6.35. The maximum Gasteiger partial charge on any atom is 0.289 e. The van der Waals surface area contributed by atoms with Gasteiger partial charge in [0.15, 0.2) is 6.39 Å². The average Bonchev–Trinajstić information content (AvgIpc) is 2.79. The largest absolute Gasteiger partial charge is 0.438 e. The lowest BCUT2D eigenvalue weighted by Gasteiger charge is -2.38. The Hall–Kier alpha value is -1.03. The van der Waals surface area contributed by atoms with Crippen LogP contribution in [0.25, 0.3) is 0 Å². The summed E-state index contributed by atoms with van der Waals surface area (Å²) in [5, 5.41) is 3.04. The molecule has 0 aromatic carbocycles. The fraction of sp³-hybridized carbons (Fsp3) is 0.692. The van der Waals surface area contributed by atoms with E-state index < -0.39 is 0 Å². The van der Waals surface area contributed by atoms with Crippen molar-refractivity contribution < 1.29 is 9.21 Å². The van der Waals surface area contributed by atoms with Crippen LogP contribution in [0.5, 0.6) is 0 Å². The molecule has 0 spiro atoms. The highest BCUT2D eigenvalue weighted by molar-refractivity contribution is 6.19. The van der Waals surface area contributed by atoms with Gasteiger partial charge in [-0.15, -0.1) is 11.6 Å². The number of aryl methyl sites for hydroxylation is 1. The van der Waals surface area contributed by atoms with Crippen LogP contribution in [0.4, 0.5) is 0 Å². The van der Waals surface area contributed by atoms with E-state index in [9.17, 15) is 4.79 Å². The molecule has 5 heteroatoms. The van der Waals surface area contributed by atoms with E-state index in [2.05, 4.69) is 17.2 Å². The minimum absolute atomic E-state index is 0.208. The van der Waals surface area contributed by atoms with Crippen molar-refractivity contribution >= 4 is 17.5 Å². The summed E-state index contributed by atoms with van der Waals surface area (Å²) >= 11 is 6.07. The Kier molecular flexibility index (Phi) is 3.95. The van der Waals surface area contributed by atoms with Crippen molar-refractivity contribution in [1.82, 2.24) is 10.3 Å². The monoisotopic (exact) mass is 270 g/mol. The molecule has 0 bridgehead atoms. The number of hydrogen-bond donors (Lipinski definition) is 1. The average molecular weight is 271 g/mol. The fourth-order valence-corrected chi connectivity index (χ4v) is 2.76. The van der Waals surface area contributed by atoms with Crippen LogP contribution in [-0.4, -0.2) is 22.3 Å². The van der Waals surface area contributed by atoms with Crippen molar-refractivity contribution in [1.29, 1.82) is 0 Å². The summed E-state index contributed by atoms with van der Waals surface area (Å²) in [6, 6.07) is 0. The van der Waals surface area contributed by atoms with Crippen LogP contribution in [0.3, 0.4) is 0 Å². The molecule has 1 aromatic rings. The third-order valence-electron chi connectivity index (χ3n) is 3.82. The highest BCUT2D eigenvalue weighted by Crippen LogP contribution is 2.33. The minimum atomic E-state index is -0.287. The fourth-order valence-electron chi connectivity index (χ4n) is 2.42. The van der Waals surface area contributed by atoms with Gasteiger partial charge in [0.05, 0.1) is 11.2 Å². The van der Waals surface area contributed by atoms with Gasteiger partial charge in [0.25, 0.3) is 5.91 Å². The number of nitrogens with zero attached hydrogens (tertiary/aromatic N) is 1. The van der Waals surface area contributed by atoms with Crippen LogP contribution in [0, 0.1) is 12.8 Å². The summed E-state index contributed by atoms with van der Waals surface area (Å²) in [5.74, 6) is 1.24. The normalized spacial score (nSPS) is 28.1. The van der Waals surface area contributed by atoms with Crippen molar-refractivity contribution in [2.45, 2.75) is 45.1 Å². The quantitative estimate of drug-likeness (QED) is 0.859. The zero-order chi connectivity index (χ0) is 13.2. The van der Waals surface area contributed by atoms with Crippen molar-refractivity contribution in [2.75, 3.05) is 5.88 Å². The number of carbonyl (C=O) groups is 1. The Morgan fingerprint density at radius 1 is 1.61 bits per heavy atom. The Bertz CT molecular complexity index is 422. The molecular weight excluding hydrogens is 252 g/mol. The predicted molar refractivity (Wildman–Crippen MR) is 69.8 cm³/mol. The molecule has 1 amide bonds. The van der Waals surface area contributed by atoms with Crippen molar-refractivity contribution in [3.05, 3.63) is 17.8 Å². The number of amides is 1. The van der Waals surface area contributed by atoms with Crippen LogP contribution in [0.2, 0.25) is 0 Å². The summed E-state index contributed by atoms with van der Waals surface area (Å²) in [6.45, 7) is 4.00. The van der Waals surface area contributed by atoms with Crippen molar-refractivity contribution in [3.8, 4) is 0 Å². The standard InChI is InChI=1S/C13H19ClN2O2/c1-9-3-5-13(7-14,6-4-9)16-12(17)11-10(2)15-8-18-11/h8-9H,3-7H2,1-2H3,(H,16,17). The van der Waals surface area contributed by atoms with Gasteiger partial charge in [-0.05, 0) is 38.5 Å². The molecule has 1 fully saturated rings. The van der Waals surface area contributed by atoms with Gasteiger partial charge in [0.1, 0.15) is 0 Å². The van der Waals surface area contributed by atoms with Crippen molar-refractivity contribution in [2.24, 2.45) is 5.92 Å². The summed E-state index contributed by atoms with van der Waals surface area (Å²) in [5.41, 5.74) is 0.325. The molecule has 18 heavy (non-hydrogen) atoms. The Labute approximate surface area is 112 Å². The van der Waals surface area contributed by atoms with Gasteiger partial charge in [-0.2, -0.15) is 0 Å². The summed E-state index contributed by atoms with van der Waals surface area (Å²) in [7, 11) is 0. The van der Waals surface area contributed by atoms with Crippen LogP contribution in [0.1, 0.15) is 48.9 Å². The smallest absolute Gasteiger partial charge is 0.289 e. The lowest BCUT2D eigenvalue weighted by Crippen LogP contribution is -2.52. The molecular formula is C13H19ClN2O2. The Balaban J connectivity index is 2.07. The molecule has 1 aliphatic rings. The molecule has 1 aliphatic carbocycles. The van der Waals surface area contributed by atoms with E-state index in [-0.39, 0.29) is 17.2 Å². The molecule has 2 rings (SSSR count). The highest BCUT2D eigenvalue weighted by atomic mass is 35.5. The van der Waals surface area contributed by atoms with Crippen LogP contribution in [-0.2, 0) is 0 Å². The second-order valence-corrected chi connectivity index (χ2v) is 5.58. The summed E-state index contributed by atoms with van der Waals surface area (Å²) < 4.78 is 5.11. The van der Waals surface area contributed by atoms with Gasteiger partial charge >= 0.3 is 0 Å². The van der Waals surface area contributed by atoms with Gasteiger partial charge in [-0.25, -0.2) is 4.98 Å². The molecule has 100 valence electrons. The third-order valence-corrected chi connectivity index (χ3v) is 4.33. The van der Waals surface area contributed by atoms with E-state index in [1.54, 1.807) is 6.92 Å². The molecule has 1 N–H and O–H groups in total. The number of oxazole rings is 1. The molecule has 1 heterocycles. The van der Waals surface area contributed by atoms with Crippen LogP contribution >= 0.6 is 11.6 Å². The van der Waals surface area contributed by atoms with Crippen molar-refractivity contribution in [3.63, 3.8) is 0 Å². The maximum atomic E-state index is 12.1. The highest BCUT2D eigenvalue weighted by Gasteiger charge is 2.35. The van der Waals surface area contributed by atoms with Gasteiger partial charge in [0.2, 0.25) is 5.76 Å². The molecule has 1 aromatic heterocycles. The number of nitrogens with one attached hydrogen (secondary N) is 1. The zero-order valence-electron chi connectivity index (χ0n) is 10.8. The lowest BCUT2D eigenvalue weighted by atomic mass is 9.78. The number of alkyl halides is 1. The third kappa shape index (κ3) is 2.69. The van der Waals surface area contributed by atoms with Gasteiger partial charge < -0.3 is 9.73 Å². The van der Waals surface area contributed by atoms with Gasteiger partial charge in [-0.1, -0.05) is 6.92 Å². The second-order valence-electron chi connectivity index (χ2n) is 5.32. The molecule has 0 atom stereocenters. The first kappa shape index (κ1) is 13.4. The topological polar surface area (TPSA) is 55.1 Å². The van der Waals surface area contributed by atoms with E-state index in [1.165, 1.54) is 6.39 Å². The number of carbonyl (C=O) groups excluding carboxylic acids is 1. The molecule has 0 aliphatic heterocycles. The zero-order valence-corrected chi connectivity index (χ0v) is 11.6. The SMILES string of the molecule is Cc1ncoc1C(=O)NC1(CCl)CCC(C)CC1. The molecule has 0 saturated heterocycles. The van der Waals surface area contributed by atoms with E-state index >= 15 is 0 Å². The van der Waals surface area contributed by atoms with E-state index in [4.69, 9.17) is 16.0 Å². The second kappa shape index (κ2) is 5.31.